The van der Waals surface area contributed by atoms with Gasteiger partial charge in [0.1, 0.15) is 44.6 Å². The Hall–Kier alpha value is -6.29. The second-order valence-electron chi connectivity index (χ2n) is 12.0. The van der Waals surface area contributed by atoms with E-state index in [1.165, 1.54) is 73.8 Å². The van der Waals surface area contributed by atoms with Gasteiger partial charge in [-0.3, -0.25) is 4.79 Å². The molecule has 0 aromatic heterocycles. The van der Waals surface area contributed by atoms with Crippen molar-refractivity contribution in [2.24, 2.45) is 30.7 Å². The summed E-state index contributed by atoms with van der Waals surface area (Å²) in [4.78, 5) is 12.1. The molecular formula is C37H33N7O10S2. The molecule has 6 rings (SSSR count). The van der Waals surface area contributed by atoms with Crippen molar-refractivity contribution in [3.8, 4) is 17.2 Å². The highest BCUT2D eigenvalue weighted by molar-refractivity contribution is 8.19. The summed E-state index contributed by atoms with van der Waals surface area (Å²) in [7, 11) is -6.93. The Morgan fingerprint density at radius 2 is 1.29 bits per heavy atom. The smallest absolute Gasteiger partial charge is 0.255 e. The summed E-state index contributed by atoms with van der Waals surface area (Å²) >= 11 is 0. The summed E-state index contributed by atoms with van der Waals surface area (Å²) in [5, 5.41) is 48.9. The maximum atomic E-state index is 12.7. The molecule has 17 nitrogen and oxygen atoms in total. The summed E-state index contributed by atoms with van der Waals surface area (Å²) in [6.07, 6.45) is 0. The highest BCUT2D eigenvalue weighted by atomic mass is 32.3. The predicted octanol–water partition coefficient (Wildman–Crippen LogP) is 12.2. The second-order valence-corrected chi connectivity index (χ2v) is 15.0. The van der Waals surface area contributed by atoms with Gasteiger partial charge >= 0.3 is 0 Å². The fourth-order valence-electron chi connectivity index (χ4n) is 5.20. The Morgan fingerprint density at radius 3 is 1.93 bits per heavy atom. The minimum Gasteiger partial charge on any atom is -0.508 e. The topological polar surface area (TPSA) is 274 Å². The van der Waals surface area contributed by atoms with Gasteiger partial charge in [0.05, 0.1) is 39.7 Å². The van der Waals surface area contributed by atoms with E-state index >= 15 is 0 Å². The summed E-state index contributed by atoms with van der Waals surface area (Å²) in [6.45, 7) is 1.74. The van der Waals surface area contributed by atoms with Crippen LogP contribution in [0.25, 0.3) is 10.8 Å². The van der Waals surface area contributed by atoms with Crippen LogP contribution in [0, 0.1) is 6.92 Å². The number of benzene rings is 6. The molecule has 19 heteroatoms. The largest absolute Gasteiger partial charge is 0.508 e. The number of rotatable bonds is 11. The van der Waals surface area contributed by atoms with Gasteiger partial charge in [0, 0.05) is 22.7 Å². The van der Waals surface area contributed by atoms with Gasteiger partial charge in [-0.25, -0.2) is 0 Å². The maximum absolute atomic E-state index is 12.7. The highest BCUT2D eigenvalue weighted by Gasteiger charge is 2.26. The van der Waals surface area contributed by atoms with Crippen molar-refractivity contribution in [3.05, 3.63) is 120 Å². The highest BCUT2D eigenvalue weighted by Crippen LogP contribution is 2.54. The Bertz CT molecular complexity index is 2520. The molecule has 6 aromatic rings. The average Bonchev–Trinajstić information content (AvgIpc) is 3.16. The van der Waals surface area contributed by atoms with Crippen molar-refractivity contribution in [2.75, 3.05) is 12.4 Å². The van der Waals surface area contributed by atoms with E-state index in [0.717, 1.165) is 0 Å². The normalized spacial score (nSPS) is 12.9. The van der Waals surface area contributed by atoms with E-state index in [1.54, 1.807) is 49.4 Å². The zero-order chi connectivity index (χ0) is 40.2. The third kappa shape index (κ3) is 9.32. The molecule has 0 radical (unpaired) electrons. The second kappa shape index (κ2) is 16.2. The molecule has 56 heavy (non-hydrogen) atoms. The van der Waals surface area contributed by atoms with Gasteiger partial charge in [0.25, 0.3) is 5.91 Å². The van der Waals surface area contributed by atoms with Crippen molar-refractivity contribution >= 4 is 78.2 Å². The van der Waals surface area contributed by atoms with Gasteiger partial charge in [0.15, 0.2) is 5.75 Å². The molecular weight excluding hydrogens is 767 g/mol. The lowest BCUT2D eigenvalue weighted by Crippen LogP contribution is -2.11. The SMILES string of the molecule is COc1cc(N=Nc2ccc(N=Nc3cccc(S(O)(O)O)c3)cc2)c(C)cc1N=Nc1c(S(O)(O)O)cc2cc(NC(=O)c3ccc(O)cc3)ccc2c1O. The quantitative estimate of drug-likeness (QED) is 0.0559. The molecule has 0 saturated heterocycles. The van der Waals surface area contributed by atoms with Crippen LogP contribution in [0.2, 0.25) is 0 Å². The van der Waals surface area contributed by atoms with Crippen LogP contribution < -0.4 is 10.1 Å². The molecule has 0 bridgehead atoms. The lowest BCUT2D eigenvalue weighted by Gasteiger charge is -2.22. The third-order valence-electron chi connectivity index (χ3n) is 8.03. The number of hydrogen-bond acceptors (Lipinski definition) is 16. The van der Waals surface area contributed by atoms with Gasteiger partial charge < -0.3 is 47.6 Å². The number of anilines is 1. The molecule has 1 amide bonds. The Balaban J connectivity index is 1.22. The molecule has 288 valence electrons. The average molecular weight is 800 g/mol. The summed E-state index contributed by atoms with van der Waals surface area (Å²) < 4.78 is 64.8. The van der Waals surface area contributed by atoms with E-state index in [1.807, 2.05) is 0 Å². The first-order valence-electron chi connectivity index (χ1n) is 16.1. The number of ether oxygens (including phenoxy) is 1. The monoisotopic (exact) mass is 799 g/mol. The molecule has 0 aliphatic rings. The maximum Gasteiger partial charge on any atom is 0.255 e. The van der Waals surface area contributed by atoms with Gasteiger partial charge in [-0.1, -0.05) is 6.07 Å². The number of aromatic hydroxyl groups is 2. The van der Waals surface area contributed by atoms with Crippen LogP contribution in [0.15, 0.2) is 150 Å². The number of aryl methyl sites for hydroxylation is 1. The van der Waals surface area contributed by atoms with Gasteiger partial charge in [-0.05, 0) is 115 Å². The van der Waals surface area contributed by atoms with Crippen LogP contribution in [0.5, 0.6) is 17.2 Å². The van der Waals surface area contributed by atoms with E-state index in [0.29, 0.717) is 34.0 Å². The number of carbonyl (C=O) groups excluding carboxylic acids is 1. The number of phenols is 2. The molecule has 0 unspecified atom stereocenters. The first-order valence-corrected chi connectivity index (χ1v) is 19.2. The molecule has 0 atom stereocenters. The number of methoxy groups -OCH3 is 1. The molecule has 0 heterocycles. The van der Waals surface area contributed by atoms with Crippen LogP contribution in [0.4, 0.5) is 39.8 Å². The van der Waals surface area contributed by atoms with Crippen LogP contribution in [0.1, 0.15) is 15.9 Å². The van der Waals surface area contributed by atoms with Crippen molar-refractivity contribution in [2.45, 2.75) is 16.7 Å². The minimum absolute atomic E-state index is 0.00201. The lowest BCUT2D eigenvalue weighted by molar-refractivity contribution is 0.102. The first-order chi connectivity index (χ1) is 26.6. The number of hydrogen-bond donors (Lipinski definition) is 9. The zero-order valence-electron chi connectivity index (χ0n) is 29.3. The Kier molecular flexibility index (Phi) is 11.4. The molecule has 9 N–H and O–H groups in total. The lowest BCUT2D eigenvalue weighted by atomic mass is 10.1. The number of nitrogens with zero attached hydrogens (tertiary/aromatic N) is 6. The van der Waals surface area contributed by atoms with Crippen molar-refractivity contribution in [1.29, 1.82) is 0 Å². The van der Waals surface area contributed by atoms with E-state index in [9.17, 15) is 42.3 Å². The van der Waals surface area contributed by atoms with Crippen LogP contribution in [-0.4, -0.2) is 50.5 Å². The fraction of sp³-hybridized carbons (Fsp3) is 0.0541. The van der Waals surface area contributed by atoms with Crippen molar-refractivity contribution < 1.29 is 47.1 Å². The molecule has 0 fully saturated rings. The summed E-state index contributed by atoms with van der Waals surface area (Å²) in [5.74, 6) is -0.789. The number of phenolic OH excluding ortho intramolecular Hbond substituents is 2. The molecule has 0 aliphatic heterocycles. The van der Waals surface area contributed by atoms with E-state index in [-0.39, 0.29) is 38.4 Å². The Morgan fingerprint density at radius 1 is 0.643 bits per heavy atom. The van der Waals surface area contributed by atoms with Crippen LogP contribution >= 0.6 is 21.7 Å². The predicted molar refractivity (Wildman–Crippen MR) is 212 cm³/mol. The van der Waals surface area contributed by atoms with Gasteiger partial charge in [-0.2, -0.15) is 20.5 Å². The fourth-order valence-corrected chi connectivity index (χ4v) is 6.42. The van der Waals surface area contributed by atoms with Crippen molar-refractivity contribution in [3.63, 3.8) is 0 Å². The van der Waals surface area contributed by atoms with E-state index in [2.05, 4.69) is 36.0 Å². The van der Waals surface area contributed by atoms with Gasteiger partial charge in [-0.15, -0.1) is 10.2 Å². The molecule has 0 spiro atoms. The number of carbonyl (C=O) groups is 1. The summed E-state index contributed by atoms with van der Waals surface area (Å²) in [5.41, 5.74) is 2.63. The zero-order valence-corrected chi connectivity index (χ0v) is 30.9. The number of nitrogens with one attached hydrogen (secondary N) is 1. The van der Waals surface area contributed by atoms with Gasteiger partial charge in [0.2, 0.25) is 0 Å². The number of azo groups is 3. The Labute approximate surface area is 321 Å². The number of amides is 1. The minimum atomic E-state index is -4.44. The first kappa shape index (κ1) is 39.4. The number of fused-ring (bicyclic) bond motifs is 1. The van der Waals surface area contributed by atoms with E-state index in [4.69, 9.17) is 4.74 Å². The molecule has 0 saturated carbocycles. The standard InChI is InChI=1S/C37H33N7O10S2/c1-21-16-32(33(54-2)20-31(21)42-40-25-10-8-24(9-11-25)39-41-27-4-3-5-29(19-27)55(48,49)50)43-44-35-34(56(51,52)53)18-23-17-26(12-15-30(23)36(35)46)38-37(47)22-6-13-28(45)14-7-22/h3-20,45-46,48-53H,1-2H3,(H,38,47). The van der Waals surface area contributed by atoms with Crippen molar-refractivity contribution in [1.82, 2.24) is 0 Å². The third-order valence-corrected chi connectivity index (χ3v) is 9.81. The molecule has 6 aromatic carbocycles. The molecule has 0 aliphatic carbocycles. The van der Waals surface area contributed by atoms with Crippen LogP contribution in [-0.2, 0) is 0 Å². The van der Waals surface area contributed by atoms with Crippen LogP contribution in [0.3, 0.4) is 0 Å². The van der Waals surface area contributed by atoms with E-state index < -0.39 is 44.0 Å². The summed E-state index contributed by atoms with van der Waals surface area (Å²) in [6, 6.07) is 26.8.